The molecule has 178 valence electrons. The number of nitrogens with zero attached hydrogens (tertiary/aromatic N) is 2. The molecular formula is C24H27F3N2O4. The first-order valence-corrected chi connectivity index (χ1v) is 10.7. The van der Waals surface area contributed by atoms with Gasteiger partial charge in [0.15, 0.2) is 0 Å². The van der Waals surface area contributed by atoms with Crippen molar-refractivity contribution in [1.82, 2.24) is 4.98 Å². The summed E-state index contributed by atoms with van der Waals surface area (Å²) in [7, 11) is 0. The molecular weight excluding hydrogens is 437 g/mol. The third kappa shape index (κ3) is 6.69. The van der Waals surface area contributed by atoms with Crippen LogP contribution in [0.4, 0.5) is 13.2 Å². The van der Waals surface area contributed by atoms with Gasteiger partial charge in [-0.05, 0) is 70.1 Å². The Bertz CT molecular complexity index is 1020. The molecule has 1 saturated carbocycles. The fraction of sp³-hybridized carbons (Fsp3) is 0.458. The van der Waals surface area contributed by atoms with E-state index < -0.39 is 12.3 Å². The Morgan fingerprint density at radius 2 is 1.73 bits per heavy atom. The third-order valence-corrected chi connectivity index (χ3v) is 5.73. The van der Waals surface area contributed by atoms with Gasteiger partial charge in [0.1, 0.15) is 18.1 Å². The van der Waals surface area contributed by atoms with Crippen molar-refractivity contribution in [2.45, 2.75) is 72.3 Å². The van der Waals surface area contributed by atoms with E-state index in [-0.39, 0.29) is 18.3 Å². The predicted octanol–water partition coefficient (Wildman–Crippen LogP) is 6.06. The van der Waals surface area contributed by atoms with Crippen LogP contribution in [0, 0.1) is 20.8 Å². The Kier molecular flexibility index (Phi) is 7.61. The van der Waals surface area contributed by atoms with Crippen LogP contribution in [0.15, 0.2) is 29.4 Å². The highest BCUT2D eigenvalue weighted by Crippen LogP contribution is 2.34. The minimum atomic E-state index is -4.69. The van der Waals surface area contributed by atoms with Gasteiger partial charge < -0.3 is 14.3 Å². The second kappa shape index (κ2) is 10.2. The summed E-state index contributed by atoms with van der Waals surface area (Å²) in [5.74, 6) is 0.0777. The number of hydrogen-bond donors (Lipinski definition) is 0. The van der Waals surface area contributed by atoms with Crippen LogP contribution in [-0.4, -0.2) is 23.0 Å². The highest BCUT2D eigenvalue weighted by atomic mass is 19.4. The Labute approximate surface area is 190 Å². The third-order valence-electron chi connectivity index (χ3n) is 5.73. The van der Waals surface area contributed by atoms with Gasteiger partial charge >= 0.3 is 12.3 Å². The maximum atomic E-state index is 12.3. The highest BCUT2D eigenvalue weighted by Gasteiger charge is 2.31. The second-order valence-corrected chi connectivity index (χ2v) is 8.13. The first-order valence-electron chi connectivity index (χ1n) is 10.7. The molecule has 6 nitrogen and oxygen atoms in total. The van der Waals surface area contributed by atoms with E-state index in [4.69, 9.17) is 9.57 Å². The van der Waals surface area contributed by atoms with Crippen LogP contribution in [0.3, 0.4) is 0 Å². The Hall–Kier alpha value is -3.10. The zero-order valence-electron chi connectivity index (χ0n) is 19.1. The second-order valence-electron chi connectivity index (χ2n) is 8.13. The number of aromatic nitrogens is 1. The number of carbonyl (C=O) groups is 1. The van der Waals surface area contributed by atoms with E-state index in [9.17, 15) is 18.0 Å². The van der Waals surface area contributed by atoms with Gasteiger partial charge in [-0.3, -0.25) is 9.78 Å². The summed E-state index contributed by atoms with van der Waals surface area (Å²) < 4.78 is 46.3. The molecule has 0 bridgehead atoms. The summed E-state index contributed by atoms with van der Waals surface area (Å²) in [6.45, 7) is 7.02. The van der Waals surface area contributed by atoms with Crippen LogP contribution in [0.5, 0.6) is 11.5 Å². The number of halogens is 3. The lowest BCUT2D eigenvalue weighted by molar-refractivity contribution is -0.274. The maximum absolute atomic E-state index is 12.3. The van der Waals surface area contributed by atoms with E-state index in [0.717, 1.165) is 53.9 Å². The lowest BCUT2D eigenvalue weighted by atomic mass is 9.83. The van der Waals surface area contributed by atoms with Gasteiger partial charge in [-0.25, -0.2) is 0 Å². The number of aryl methyl sites for hydroxylation is 2. The summed E-state index contributed by atoms with van der Waals surface area (Å²) in [5.41, 5.74) is 4.88. The molecule has 33 heavy (non-hydrogen) atoms. The molecule has 0 radical (unpaired) electrons. The van der Waals surface area contributed by atoms with E-state index in [1.54, 1.807) is 12.1 Å². The maximum Gasteiger partial charge on any atom is 0.573 e. The topological polar surface area (TPSA) is 70.0 Å². The first-order chi connectivity index (χ1) is 15.5. The van der Waals surface area contributed by atoms with Crippen LogP contribution in [0.2, 0.25) is 0 Å². The molecule has 2 aromatic rings. The van der Waals surface area contributed by atoms with Crippen molar-refractivity contribution in [2.75, 3.05) is 0 Å². The number of pyridine rings is 1. The van der Waals surface area contributed by atoms with E-state index >= 15 is 0 Å². The summed E-state index contributed by atoms with van der Waals surface area (Å²) in [4.78, 5) is 21.6. The van der Waals surface area contributed by atoms with Gasteiger partial charge in [0, 0.05) is 23.9 Å². The molecule has 0 atom stereocenters. The Balaban J connectivity index is 1.58. The van der Waals surface area contributed by atoms with Crippen molar-refractivity contribution >= 4 is 11.7 Å². The molecule has 1 aliphatic carbocycles. The van der Waals surface area contributed by atoms with Crippen molar-refractivity contribution in [3.63, 3.8) is 0 Å². The molecule has 1 aromatic heterocycles. The van der Waals surface area contributed by atoms with Gasteiger partial charge in [-0.15, -0.1) is 13.2 Å². The van der Waals surface area contributed by atoms with Crippen LogP contribution in [0.25, 0.3) is 0 Å². The molecule has 0 amide bonds. The molecule has 1 aromatic carbocycles. The Morgan fingerprint density at radius 3 is 2.30 bits per heavy atom. The van der Waals surface area contributed by atoms with Crippen molar-refractivity contribution in [3.05, 3.63) is 52.3 Å². The minimum Gasteiger partial charge on any atom is -0.426 e. The van der Waals surface area contributed by atoms with Crippen LogP contribution in [0.1, 0.15) is 66.6 Å². The smallest absolute Gasteiger partial charge is 0.426 e. The average Bonchev–Trinajstić information content (AvgIpc) is 2.73. The molecule has 1 fully saturated rings. The number of ether oxygens (including phenoxy) is 2. The molecule has 0 N–H and O–H groups in total. The molecule has 0 spiro atoms. The van der Waals surface area contributed by atoms with Gasteiger partial charge in [0.05, 0.1) is 11.3 Å². The molecule has 0 saturated heterocycles. The molecule has 1 heterocycles. The van der Waals surface area contributed by atoms with E-state index in [1.165, 1.54) is 19.1 Å². The predicted molar refractivity (Wildman–Crippen MR) is 116 cm³/mol. The molecule has 3 rings (SSSR count). The fourth-order valence-electron chi connectivity index (χ4n) is 3.92. The summed E-state index contributed by atoms with van der Waals surface area (Å²) in [6, 6.07) is 6.04. The number of rotatable bonds is 6. The van der Waals surface area contributed by atoms with Crippen molar-refractivity contribution in [2.24, 2.45) is 5.16 Å². The van der Waals surface area contributed by atoms with Crippen molar-refractivity contribution in [3.8, 4) is 11.5 Å². The normalized spacial score (nSPS) is 16.3. The number of oxime groups is 1. The van der Waals surface area contributed by atoms with Gasteiger partial charge in [0.25, 0.3) is 0 Å². The van der Waals surface area contributed by atoms with Crippen LogP contribution >= 0.6 is 0 Å². The fourth-order valence-corrected chi connectivity index (χ4v) is 3.92. The van der Waals surface area contributed by atoms with E-state index in [2.05, 4.69) is 14.9 Å². The molecule has 0 unspecified atom stereocenters. The minimum absolute atomic E-state index is 0.135. The zero-order valence-corrected chi connectivity index (χ0v) is 19.1. The first kappa shape index (κ1) is 24.5. The van der Waals surface area contributed by atoms with E-state index in [0.29, 0.717) is 11.3 Å². The highest BCUT2D eigenvalue weighted by molar-refractivity contribution is 5.84. The zero-order chi connectivity index (χ0) is 24.2. The summed E-state index contributed by atoms with van der Waals surface area (Å²) >= 11 is 0. The van der Waals surface area contributed by atoms with Gasteiger partial charge in [0.2, 0.25) is 0 Å². The number of benzene rings is 1. The molecule has 9 heteroatoms. The van der Waals surface area contributed by atoms with Crippen molar-refractivity contribution in [1.29, 1.82) is 0 Å². The number of carbonyl (C=O) groups excluding carboxylic acids is 1. The lowest BCUT2D eigenvalue weighted by Gasteiger charge is -2.23. The monoisotopic (exact) mass is 464 g/mol. The average molecular weight is 464 g/mol. The largest absolute Gasteiger partial charge is 0.573 e. The SMILES string of the molecule is CC(=O)Oc1c(C)c(C)nc(C)c1CON=C1CCC(c2ccc(OC(F)(F)F)cc2)CC1. The summed E-state index contributed by atoms with van der Waals surface area (Å²) in [6.07, 6.45) is -1.59. The quantitative estimate of drug-likeness (QED) is 0.384. The lowest BCUT2D eigenvalue weighted by Crippen LogP contribution is -2.17. The molecule has 0 aliphatic heterocycles. The standard InChI is InChI=1S/C24H27F3N2O4/c1-14-15(2)28-16(3)22(23(14)32-17(4)30)13-31-29-20-9-5-18(6-10-20)19-7-11-21(12-8-19)33-24(25,26)27/h7-8,11-12,18H,5-6,9-10,13H2,1-4H3. The van der Waals surface area contributed by atoms with Crippen LogP contribution in [-0.2, 0) is 16.2 Å². The van der Waals surface area contributed by atoms with Gasteiger partial charge in [-0.2, -0.15) is 0 Å². The number of esters is 1. The molecule has 1 aliphatic rings. The number of hydrogen-bond acceptors (Lipinski definition) is 6. The van der Waals surface area contributed by atoms with Crippen LogP contribution < -0.4 is 9.47 Å². The Morgan fingerprint density at radius 1 is 1.09 bits per heavy atom. The van der Waals surface area contributed by atoms with Gasteiger partial charge in [-0.1, -0.05) is 17.3 Å². The van der Waals surface area contributed by atoms with E-state index in [1.807, 2.05) is 20.8 Å². The van der Waals surface area contributed by atoms with Crippen molar-refractivity contribution < 1.29 is 32.3 Å². The number of alkyl halides is 3. The summed E-state index contributed by atoms with van der Waals surface area (Å²) in [5, 5.41) is 4.28.